The Morgan fingerprint density at radius 2 is 2.18 bits per heavy atom. The van der Waals surface area contributed by atoms with Crippen LogP contribution in [0.25, 0.3) is 6.08 Å². The van der Waals surface area contributed by atoms with Crippen molar-refractivity contribution in [2.75, 3.05) is 0 Å². The highest BCUT2D eigenvalue weighted by Gasteiger charge is 2.02. The zero-order chi connectivity index (χ0) is 8.43. The van der Waals surface area contributed by atoms with Gasteiger partial charge in [-0.1, -0.05) is 24.3 Å². The maximum Gasteiger partial charge on any atom is 0.133 e. The van der Waals surface area contributed by atoms with Crippen molar-refractivity contribution in [3.8, 4) is 0 Å². The first-order valence-electron chi connectivity index (χ1n) is 3.23. The summed E-state index contributed by atoms with van der Waals surface area (Å²) in [6.07, 6.45) is 1.45. The predicted octanol–water partition coefficient (Wildman–Crippen LogP) is 3.43. The van der Waals surface area contributed by atoms with Gasteiger partial charge in [-0.2, -0.15) is 0 Å². The fraction of sp³-hybridized carbons (Fsp3) is 0.111. The molecule has 0 spiro atoms. The molecule has 0 amide bonds. The molecule has 0 N–H and O–H groups in total. The molecule has 0 aliphatic carbocycles. The van der Waals surface area contributed by atoms with Crippen molar-refractivity contribution in [1.82, 2.24) is 0 Å². The van der Waals surface area contributed by atoms with Gasteiger partial charge in [0.1, 0.15) is 5.82 Å². The molecule has 1 aromatic rings. The minimum atomic E-state index is -0.246. The van der Waals surface area contributed by atoms with Gasteiger partial charge in [-0.15, -0.1) is 0 Å². The highest BCUT2D eigenvalue weighted by atomic mass is 35.5. The van der Waals surface area contributed by atoms with E-state index in [0.29, 0.717) is 16.1 Å². The van der Waals surface area contributed by atoms with E-state index in [0.717, 1.165) is 0 Å². The van der Waals surface area contributed by atoms with Crippen LogP contribution >= 0.6 is 11.6 Å². The molecule has 0 saturated heterocycles. The van der Waals surface area contributed by atoms with Gasteiger partial charge in [-0.05, 0) is 24.6 Å². The summed E-state index contributed by atoms with van der Waals surface area (Å²) in [5.41, 5.74) is 1.00. The second kappa shape index (κ2) is 3.05. The molecule has 0 aliphatic heterocycles. The molecule has 0 nitrogen and oxygen atoms in total. The van der Waals surface area contributed by atoms with Crippen LogP contribution < -0.4 is 0 Å². The minimum absolute atomic E-state index is 0.246. The summed E-state index contributed by atoms with van der Waals surface area (Å²) in [5.74, 6) is -0.246. The second-order valence-electron chi connectivity index (χ2n) is 2.33. The summed E-state index contributed by atoms with van der Waals surface area (Å²) >= 11 is 5.69. The molecule has 1 aromatic carbocycles. The topological polar surface area (TPSA) is 0 Å². The molecule has 0 aliphatic rings. The quantitative estimate of drug-likeness (QED) is 0.606. The number of hydrogen-bond acceptors (Lipinski definition) is 0. The zero-order valence-corrected chi connectivity index (χ0v) is 6.95. The fourth-order valence-corrected chi connectivity index (χ4v) is 1.18. The molecule has 11 heavy (non-hydrogen) atoms. The van der Waals surface area contributed by atoms with Gasteiger partial charge in [-0.25, -0.2) is 4.39 Å². The van der Waals surface area contributed by atoms with Crippen molar-refractivity contribution in [2.45, 2.75) is 6.92 Å². The third-order valence-electron chi connectivity index (χ3n) is 1.47. The second-order valence-corrected chi connectivity index (χ2v) is 2.77. The summed E-state index contributed by atoms with van der Waals surface area (Å²) in [7, 11) is 0. The molecular weight excluding hydrogens is 163 g/mol. The summed E-state index contributed by atoms with van der Waals surface area (Å²) in [6.45, 7) is 5.15. The van der Waals surface area contributed by atoms with Gasteiger partial charge < -0.3 is 0 Å². The van der Waals surface area contributed by atoms with E-state index in [1.54, 1.807) is 19.1 Å². The van der Waals surface area contributed by atoms with Crippen LogP contribution in [0.2, 0.25) is 5.02 Å². The number of rotatable bonds is 1. The largest absolute Gasteiger partial charge is 0.206 e. The van der Waals surface area contributed by atoms with Gasteiger partial charge in [0.15, 0.2) is 0 Å². The van der Waals surface area contributed by atoms with Crippen molar-refractivity contribution in [2.24, 2.45) is 0 Å². The van der Waals surface area contributed by atoms with Crippen molar-refractivity contribution in [3.05, 3.63) is 40.7 Å². The maximum absolute atomic E-state index is 13.1. The Kier molecular flexibility index (Phi) is 2.30. The SMILES string of the molecule is C=Cc1cc(Cl)cc(C)c1F. The Balaban J connectivity index is 3.35. The van der Waals surface area contributed by atoms with Gasteiger partial charge in [-0.3, -0.25) is 0 Å². The van der Waals surface area contributed by atoms with E-state index in [9.17, 15) is 4.39 Å². The Morgan fingerprint density at radius 1 is 1.55 bits per heavy atom. The summed E-state index contributed by atoms with van der Waals surface area (Å²) in [4.78, 5) is 0. The highest BCUT2D eigenvalue weighted by molar-refractivity contribution is 6.30. The molecule has 2 heteroatoms. The number of aryl methyl sites for hydroxylation is 1. The van der Waals surface area contributed by atoms with Gasteiger partial charge >= 0.3 is 0 Å². The average molecular weight is 171 g/mol. The number of benzene rings is 1. The molecule has 0 atom stereocenters. The molecule has 0 saturated carbocycles. The zero-order valence-electron chi connectivity index (χ0n) is 6.20. The van der Waals surface area contributed by atoms with E-state index in [1.807, 2.05) is 0 Å². The van der Waals surface area contributed by atoms with Crippen LogP contribution in [-0.4, -0.2) is 0 Å². The normalized spacial score (nSPS) is 9.73. The van der Waals surface area contributed by atoms with Crippen LogP contribution in [-0.2, 0) is 0 Å². The van der Waals surface area contributed by atoms with E-state index in [4.69, 9.17) is 11.6 Å². The van der Waals surface area contributed by atoms with E-state index in [2.05, 4.69) is 6.58 Å². The molecule has 0 radical (unpaired) electrons. The Hall–Kier alpha value is -0.820. The lowest BCUT2D eigenvalue weighted by molar-refractivity contribution is 0.616. The fourth-order valence-electron chi connectivity index (χ4n) is 0.900. The molecule has 0 fully saturated rings. The van der Waals surface area contributed by atoms with Crippen LogP contribution in [0.15, 0.2) is 18.7 Å². The predicted molar refractivity (Wildman–Crippen MR) is 46.2 cm³/mol. The highest BCUT2D eigenvalue weighted by Crippen LogP contribution is 2.19. The van der Waals surface area contributed by atoms with Crippen molar-refractivity contribution < 1.29 is 4.39 Å². The third-order valence-corrected chi connectivity index (χ3v) is 1.69. The van der Waals surface area contributed by atoms with E-state index < -0.39 is 0 Å². The van der Waals surface area contributed by atoms with Crippen LogP contribution in [0.3, 0.4) is 0 Å². The van der Waals surface area contributed by atoms with Crippen LogP contribution in [0.4, 0.5) is 4.39 Å². The van der Waals surface area contributed by atoms with Gasteiger partial charge in [0, 0.05) is 10.6 Å². The first kappa shape index (κ1) is 8.28. The standard InChI is InChI=1S/C9H8ClF/c1-3-7-5-8(10)4-6(2)9(7)11/h3-5H,1H2,2H3. The summed E-state index contributed by atoms with van der Waals surface area (Å²) in [6, 6.07) is 3.14. The lowest BCUT2D eigenvalue weighted by Gasteiger charge is -2.00. The molecule has 1 rings (SSSR count). The monoisotopic (exact) mass is 170 g/mol. The smallest absolute Gasteiger partial charge is 0.133 e. The Morgan fingerprint density at radius 3 is 2.73 bits per heavy atom. The van der Waals surface area contributed by atoms with E-state index >= 15 is 0 Å². The van der Waals surface area contributed by atoms with Crippen molar-refractivity contribution in [1.29, 1.82) is 0 Å². The van der Waals surface area contributed by atoms with Gasteiger partial charge in [0.2, 0.25) is 0 Å². The molecule has 58 valence electrons. The number of hydrogen-bond donors (Lipinski definition) is 0. The summed E-state index contributed by atoms with van der Waals surface area (Å²) < 4.78 is 13.1. The minimum Gasteiger partial charge on any atom is -0.206 e. The molecule has 0 heterocycles. The van der Waals surface area contributed by atoms with Crippen LogP contribution in [0, 0.1) is 12.7 Å². The Labute approximate surface area is 70.3 Å². The van der Waals surface area contributed by atoms with Gasteiger partial charge in [0.05, 0.1) is 0 Å². The molecule has 0 aromatic heterocycles. The molecule has 0 unspecified atom stereocenters. The third kappa shape index (κ3) is 1.60. The van der Waals surface area contributed by atoms with Gasteiger partial charge in [0.25, 0.3) is 0 Å². The molecule has 0 bridgehead atoms. The Bertz CT molecular complexity index is 292. The van der Waals surface area contributed by atoms with Crippen LogP contribution in [0.5, 0.6) is 0 Å². The first-order valence-corrected chi connectivity index (χ1v) is 3.61. The lowest BCUT2D eigenvalue weighted by Crippen LogP contribution is -1.86. The first-order chi connectivity index (χ1) is 5.15. The summed E-state index contributed by atoms with van der Waals surface area (Å²) in [5, 5.41) is 0.541. The van der Waals surface area contributed by atoms with Crippen molar-refractivity contribution >= 4 is 17.7 Å². The van der Waals surface area contributed by atoms with Crippen LogP contribution in [0.1, 0.15) is 11.1 Å². The number of halogens is 2. The van der Waals surface area contributed by atoms with Crippen molar-refractivity contribution in [3.63, 3.8) is 0 Å². The molecular formula is C9H8ClF. The lowest BCUT2D eigenvalue weighted by atomic mass is 10.1. The van der Waals surface area contributed by atoms with E-state index in [1.165, 1.54) is 6.08 Å². The maximum atomic E-state index is 13.1. The average Bonchev–Trinajstić information content (AvgIpc) is 1.96. The van der Waals surface area contributed by atoms with E-state index in [-0.39, 0.29) is 5.82 Å².